The minimum absolute atomic E-state index is 0.0516. The minimum atomic E-state index is -4.40. The van der Waals surface area contributed by atoms with Gasteiger partial charge >= 0.3 is 19.8 Å². The average molecular weight is 1290 g/mol. The van der Waals surface area contributed by atoms with Gasteiger partial charge in [0, 0.05) is 19.4 Å². The van der Waals surface area contributed by atoms with Crippen LogP contribution in [0.2, 0.25) is 0 Å². The summed E-state index contributed by atoms with van der Waals surface area (Å²) >= 11 is 0. The monoisotopic (exact) mass is 1290 g/mol. The van der Waals surface area contributed by atoms with Crippen LogP contribution in [0.15, 0.2) is 109 Å². The van der Waals surface area contributed by atoms with Crippen LogP contribution in [0.1, 0.15) is 361 Å². The smallest absolute Gasteiger partial charge is 0.462 e. The number of unbranched alkanes of at least 4 members (excludes halogenated alkanes) is 41. The summed E-state index contributed by atoms with van der Waals surface area (Å²) in [6.45, 7) is 3.68. The van der Waals surface area contributed by atoms with Gasteiger partial charge < -0.3 is 20.1 Å². The molecule has 0 spiro atoms. The Balaban J connectivity index is 3.85. The number of carbonyl (C=O) groups is 2. The van der Waals surface area contributed by atoms with E-state index in [0.717, 1.165) is 96.3 Å². The Morgan fingerprint density at radius 1 is 0.341 bits per heavy atom. The van der Waals surface area contributed by atoms with Gasteiger partial charge in [0.25, 0.3) is 0 Å². The van der Waals surface area contributed by atoms with Crippen molar-refractivity contribution in [3.05, 3.63) is 109 Å². The van der Waals surface area contributed by atoms with Crippen LogP contribution in [0, 0.1) is 0 Å². The largest absolute Gasteiger partial charge is 0.472 e. The van der Waals surface area contributed by atoms with E-state index in [1.54, 1.807) is 0 Å². The quantitative estimate of drug-likeness (QED) is 0.0264. The van der Waals surface area contributed by atoms with Crippen LogP contribution in [0.4, 0.5) is 0 Å². The van der Waals surface area contributed by atoms with E-state index < -0.39 is 26.5 Å². The van der Waals surface area contributed by atoms with E-state index in [0.29, 0.717) is 6.42 Å². The molecule has 0 heterocycles. The maximum absolute atomic E-state index is 12.8. The van der Waals surface area contributed by atoms with Crippen molar-refractivity contribution < 1.29 is 37.6 Å². The van der Waals surface area contributed by atoms with E-state index in [-0.39, 0.29) is 38.6 Å². The molecule has 0 saturated carbocycles. The third-order valence-electron chi connectivity index (χ3n) is 16.7. The van der Waals surface area contributed by atoms with Crippen molar-refractivity contribution in [3.8, 4) is 0 Å². The van der Waals surface area contributed by atoms with E-state index in [9.17, 15) is 19.0 Å². The van der Waals surface area contributed by atoms with Gasteiger partial charge in [-0.15, -0.1) is 0 Å². The standard InChI is InChI=1S/C81H144NO8P/c1-3-5-7-9-11-13-15-17-19-21-23-25-27-29-31-33-34-35-36-37-38-39-40-41-42-43-44-46-48-50-52-54-56-58-60-62-64-66-68-70-72-74-81(84)90-79(78-89-91(85,86)88-76-75-82)77-87-80(83)73-71-69-67-65-63-61-59-57-55-53-51-49-47-45-32-30-28-26-24-22-20-18-16-14-12-10-8-6-4-2/h5,7,11,13,17,19,23,25,29,31,34-35,37-38,40-41,43-44,79H,3-4,6,8-10,12,14-16,18,20-22,24,26-28,30,32-33,36,39,42,45-78,82H2,1-2H3,(H,85,86)/b7-5-,13-11-,19-17-,25-23-,31-29-,35-34-,38-37-,41-40-,44-43-. The predicted molar refractivity (Wildman–Crippen MR) is 395 cm³/mol. The van der Waals surface area contributed by atoms with Crippen molar-refractivity contribution in [1.82, 2.24) is 0 Å². The predicted octanol–water partition coefficient (Wildman–Crippen LogP) is 25.6. The first-order valence-corrected chi connectivity index (χ1v) is 39.9. The van der Waals surface area contributed by atoms with Gasteiger partial charge in [0.2, 0.25) is 0 Å². The Kier molecular flexibility index (Phi) is 72.9. The molecule has 0 fully saturated rings. The molecule has 0 aliphatic carbocycles. The Bertz CT molecular complexity index is 1860. The number of carbonyl (C=O) groups excluding carboxylic acids is 2. The van der Waals surface area contributed by atoms with E-state index in [4.69, 9.17) is 24.3 Å². The Morgan fingerprint density at radius 3 is 0.901 bits per heavy atom. The molecule has 2 unspecified atom stereocenters. The van der Waals surface area contributed by atoms with Gasteiger partial charge in [-0.25, -0.2) is 4.57 Å². The van der Waals surface area contributed by atoms with E-state index in [2.05, 4.69) is 123 Å². The number of rotatable bonds is 72. The number of hydrogen-bond donors (Lipinski definition) is 2. The van der Waals surface area contributed by atoms with Crippen LogP contribution in [0.3, 0.4) is 0 Å². The van der Waals surface area contributed by atoms with Gasteiger partial charge in [0.15, 0.2) is 6.10 Å². The topological polar surface area (TPSA) is 134 Å². The van der Waals surface area contributed by atoms with Crippen LogP contribution in [-0.2, 0) is 32.7 Å². The lowest BCUT2D eigenvalue weighted by molar-refractivity contribution is -0.161. The fraction of sp³-hybridized carbons (Fsp3) is 0.753. The fourth-order valence-corrected chi connectivity index (χ4v) is 11.8. The van der Waals surface area contributed by atoms with Crippen molar-refractivity contribution in [1.29, 1.82) is 0 Å². The molecule has 0 amide bonds. The van der Waals surface area contributed by atoms with Crippen LogP contribution in [-0.4, -0.2) is 49.3 Å². The maximum atomic E-state index is 12.8. The highest BCUT2D eigenvalue weighted by Crippen LogP contribution is 2.43. The SMILES string of the molecule is CC/C=C\C/C=C\C/C=C\C/C=C\C/C=C\C/C=C\C/C=C\C/C=C\C/C=C\CCCCCCCCCCCCCCCC(=O)OC(COC(=O)CCCCCCCCCCCCCCCCCCCCCCCCCCCCCCC)COP(=O)(O)OCCN. The second-order valence-corrected chi connectivity index (χ2v) is 27.0. The first-order valence-electron chi connectivity index (χ1n) is 38.4. The molecular formula is C81H144NO8P. The summed E-state index contributed by atoms with van der Waals surface area (Å²) in [4.78, 5) is 35.4. The summed E-state index contributed by atoms with van der Waals surface area (Å²) in [5.41, 5.74) is 5.41. The average Bonchev–Trinajstić information content (AvgIpc) is 3.74. The molecule has 0 aliphatic heterocycles. The zero-order chi connectivity index (χ0) is 65.8. The molecule has 0 aliphatic rings. The summed E-state index contributed by atoms with van der Waals surface area (Å²) in [7, 11) is -4.40. The van der Waals surface area contributed by atoms with Gasteiger partial charge in [-0.05, 0) is 83.5 Å². The molecule has 3 N–H and O–H groups in total. The molecule has 526 valence electrons. The number of allylic oxidation sites excluding steroid dienone is 18. The molecule has 0 aromatic heterocycles. The highest BCUT2D eigenvalue weighted by molar-refractivity contribution is 7.47. The summed E-state index contributed by atoms with van der Waals surface area (Å²) < 4.78 is 33.2. The number of nitrogens with two attached hydrogens (primary N) is 1. The normalized spacial score (nSPS) is 13.5. The fourth-order valence-electron chi connectivity index (χ4n) is 11.0. The van der Waals surface area contributed by atoms with Crippen molar-refractivity contribution in [2.75, 3.05) is 26.4 Å². The first-order chi connectivity index (χ1) is 44.8. The Hall–Kier alpha value is -3.33. The lowest BCUT2D eigenvalue weighted by Crippen LogP contribution is -2.29. The molecular weight excluding hydrogens is 1150 g/mol. The zero-order valence-electron chi connectivity index (χ0n) is 59.3. The van der Waals surface area contributed by atoms with Crippen LogP contribution < -0.4 is 5.73 Å². The van der Waals surface area contributed by atoms with Crippen molar-refractivity contribution in [3.63, 3.8) is 0 Å². The number of hydrogen-bond acceptors (Lipinski definition) is 8. The molecule has 0 radical (unpaired) electrons. The first kappa shape index (κ1) is 87.7. The van der Waals surface area contributed by atoms with Crippen molar-refractivity contribution in [2.24, 2.45) is 5.73 Å². The number of phosphoric ester groups is 1. The Morgan fingerprint density at radius 2 is 0.604 bits per heavy atom. The van der Waals surface area contributed by atoms with E-state index in [1.807, 2.05) is 0 Å². The van der Waals surface area contributed by atoms with E-state index >= 15 is 0 Å². The molecule has 0 saturated heterocycles. The summed E-state index contributed by atoms with van der Waals surface area (Å²) in [5, 5.41) is 0. The third kappa shape index (κ3) is 75.6. The lowest BCUT2D eigenvalue weighted by Gasteiger charge is -2.19. The zero-order valence-corrected chi connectivity index (χ0v) is 60.2. The molecule has 91 heavy (non-hydrogen) atoms. The molecule has 0 rings (SSSR count). The van der Waals surface area contributed by atoms with Gasteiger partial charge in [0.1, 0.15) is 6.61 Å². The second-order valence-electron chi connectivity index (χ2n) is 25.5. The molecule has 9 nitrogen and oxygen atoms in total. The number of phosphoric acid groups is 1. The highest BCUT2D eigenvalue weighted by Gasteiger charge is 2.26. The molecule has 2 atom stereocenters. The number of ether oxygens (including phenoxy) is 2. The second kappa shape index (κ2) is 75.7. The van der Waals surface area contributed by atoms with Gasteiger partial charge in [0.05, 0.1) is 13.2 Å². The lowest BCUT2D eigenvalue weighted by atomic mass is 10.0. The van der Waals surface area contributed by atoms with Crippen molar-refractivity contribution >= 4 is 19.8 Å². The van der Waals surface area contributed by atoms with E-state index in [1.165, 1.54) is 231 Å². The van der Waals surface area contributed by atoms with Crippen LogP contribution >= 0.6 is 7.82 Å². The van der Waals surface area contributed by atoms with Crippen LogP contribution in [0.25, 0.3) is 0 Å². The van der Waals surface area contributed by atoms with Crippen molar-refractivity contribution in [2.45, 2.75) is 367 Å². The van der Waals surface area contributed by atoms with Crippen LogP contribution in [0.5, 0.6) is 0 Å². The highest BCUT2D eigenvalue weighted by atomic mass is 31.2. The molecule has 0 aromatic carbocycles. The molecule has 0 aromatic rings. The van der Waals surface area contributed by atoms with Gasteiger partial charge in [-0.3, -0.25) is 18.6 Å². The molecule has 10 heteroatoms. The number of esters is 2. The van der Waals surface area contributed by atoms with Gasteiger partial charge in [-0.2, -0.15) is 0 Å². The summed E-state index contributed by atoms with van der Waals surface area (Å²) in [5.74, 6) is -0.816. The Labute approximate surface area is 562 Å². The summed E-state index contributed by atoms with van der Waals surface area (Å²) in [6.07, 6.45) is 105. The maximum Gasteiger partial charge on any atom is 0.472 e. The minimum Gasteiger partial charge on any atom is -0.462 e. The summed E-state index contributed by atoms with van der Waals surface area (Å²) in [6, 6.07) is 0. The molecule has 0 bridgehead atoms. The third-order valence-corrected chi connectivity index (χ3v) is 17.7. The van der Waals surface area contributed by atoms with Gasteiger partial charge in [-0.1, -0.05) is 374 Å².